The number of benzene rings is 2. The molecule has 1 saturated heterocycles. The zero-order valence-corrected chi connectivity index (χ0v) is 21.5. The van der Waals surface area contributed by atoms with E-state index in [1.165, 1.54) is 0 Å². The number of hydrogen-bond acceptors (Lipinski definition) is 8. The molecule has 3 aromatic heterocycles. The SMILES string of the molecule is CC(C)(C)c1nc2c3c(ncn2n1)Oc1c(c(=O)oc2ccccc12)C3c1ccc(N2CCOCC2)cc1. The van der Waals surface area contributed by atoms with Crippen LogP contribution < -0.4 is 15.3 Å². The van der Waals surface area contributed by atoms with Gasteiger partial charge < -0.3 is 18.8 Å². The standard InChI is InChI=1S/C29H27N5O4/c1-29(2,3)28-31-25-23-21(17-8-10-18(11-9-17)33-12-14-36-15-13-33)22-24(38-26(23)30-16-34(25)32-28)19-6-4-5-7-20(19)37-27(22)35/h4-11,16,21H,12-15H2,1-3H3. The lowest BCUT2D eigenvalue weighted by Gasteiger charge is -2.30. The summed E-state index contributed by atoms with van der Waals surface area (Å²) in [6, 6.07) is 15.7. The first-order chi connectivity index (χ1) is 18.4. The first kappa shape index (κ1) is 22.9. The molecule has 2 aromatic carbocycles. The van der Waals surface area contributed by atoms with E-state index in [2.05, 4.69) is 54.9 Å². The minimum atomic E-state index is -0.499. The largest absolute Gasteiger partial charge is 0.437 e. The molecule has 0 bridgehead atoms. The van der Waals surface area contributed by atoms with Gasteiger partial charge in [0.1, 0.15) is 11.9 Å². The fourth-order valence-corrected chi connectivity index (χ4v) is 5.28. The van der Waals surface area contributed by atoms with Crippen LogP contribution in [0.1, 0.15) is 49.2 Å². The molecule has 9 heteroatoms. The van der Waals surface area contributed by atoms with E-state index in [0.717, 1.165) is 29.7 Å². The highest BCUT2D eigenvalue weighted by molar-refractivity contribution is 5.86. The van der Waals surface area contributed by atoms with Crippen molar-refractivity contribution in [3.05, 3.63) is 87.8 Å². The molecule has 9 nitrogen and oxygen atoms in total. The summed E-state index contributed by atoms with van der Waals surface area (Å²) in [5.74, 6) is 1.07. The third kappa shape index (κ3) is 3.57. The Bertz CT molecular complexity index is 1740. The molecule has 2 aliphatic rings. The van der Waals surface area contributed by atoms with Crippen LogP contribution in [-0.2, 0) is 10.2 Å². The van der Waals surface area contributed by atoms with Gasteiger partial charge >= 0.3 is 5.63 Å². The number of hydrogen-bond donors (Lipinski definition) is 0. The predicted octanol–water partition coefficient (Wildman–Crippen LogP) is 4.65. The molecule has 38 heavy (non-hydrogen) atoms. The average molecular weight is 510 g/mol. The van der Waals surface area contributed by atoms with Crippen LogP contribution in [0.2, 0.25) is 0 Å². The summed E-state index contributed by atoms with van der Waals surface area (Å²) in [6.45, 7) is 9.31. The normalized spacial score (nSPS) is 17.3. The van der Waals surface area contributed by atoms with Crippen LogP contribution in [0.4, 0.5) is 5.69 Å². The van der Waals surface area contributed by atoms with Crippen LogP contribution in [0.25, 0.3) is 16.6 Å². The number of ether oxygens (including phenoxy) is 2. The summed E-state index contributed by atoms with van der Waals surface area (Å²) >= 11 is 0. The van der Waals surface area contributed by atoms with Crippen molar-refractivity contribution in [3.8, 4) is 11.6 Å². The van der Waals surface area contributed by atoms with E-state index in [1.807, 2.05) is 18.2 Å². The summed E-state index contributed by atoms with van der Waals surface area (Å²) in [7, 11) is 0. The summed E-state index contributed by atoms with van der Waals surface area (Å²) in [5, 5.41) is 5.41. The van der Waals surface area contributed by atoms with Gasteiger partial charge in [-0.15, -0.1) is 5.10 Å². The molecule has 0 spiro atoms. The van der Waals surface area contributed by atoms with E-state index < -0.39 is 11.5 Å². The first-order valence-corrected chi connectivity index (χ1v) is 12.8. The second-order valence-electron chi connectivity index (χ2n) is 10.8. The quantitative estimate of drug-likeness (QED) is 0.311. The average Bonchev–Trinajstić information content (AvgIpc) is 3.38. The second kappa shape index (κ2) is 8.39. The Morgan fingerprint density at radius 2 is 1.74 bits per heavy atom. The van der Waals surface area contributed by atoms with Gasteiger partial charge in [0.25, 0.3) is 0 Å². The molecular weight excluding hydrogens is 482 g/mol. The van der Waals surface area contributed by atoms with E-state index in [4.69, 9.17) is 24.0 Å². The Kier molecular flexibility index (Phi) is 5.06. The maximum absolute atomic E-state index is 13.6. The van der Waals surface area contributed by atoms with Crippen molar-refractivity contribution >= 4 is 22.3 Å². The van der Waals surface area contributed by atoms with E-state index in [-0.39, 0.29) is 5.41 Å². The monoisotopic (exact) mass is 509 g/mol. The van der Waals surface area contributed by atoms with E-state index >= 15 is 0 Å². The van der Waals surface area contributed by atoms with Gasteiger partial charge in [-0.25, -0.2) is 19.3 Å². The highest BCUT2D eigenvalue weighted by atomic mass is 16.5. The number of nitrogens with zero attached hydrogens (tertiary/aromatic N) is 5. The van der Waals surface area contributed by atoms with Gasteiger partial charge in [0.15, 0.2) is 17.2 Å². The zero-order chi connectivity index (χ0) is 26.0. The van der Waals surface area contributed by atoms with Crippen molar-refractivity contribution in [3.63, 3.8) is 0 Å². The molecule has 5 aromatic rings. The van der Waals surface area contributed by atoms with E-state index in [9.17, 15) is 4.79 Å². The predicted molar refractivity (Wildman–Crippen MR) is 142 cm³/mol. The molecule has 1 atom stereocenters. The molecule has 7 rings (SSSR count). The Morgan fingerprint density at radius 3 is 2.50 bits per heavy atom. The Balaban J connectivity index is 1.47. The number of fused-ring (bicyclic) bond motifs is 6. The third-order valence-electron chi connectivity index (χ3n) is 7.24. The first-order valence-electron chi connectivity index (χ1n) is 12.8. The van der Waals surface area contributed by atoms with E-state index in [0.29, 0.717) is 53.0 Å². The van der Waals surface area contributed by atoms with Crippen molar-refractivity contribution in [2.75, 3.05) is 31.2 Å². The fraction of sp³-hybridized carbons (Fsp3) is 0.310. The third-order valence-corrected chi connectivity index (χ3v) is 7.24. The molecule has 0 amide bonds. The molecule has 0 radical (unpaired) electrons. The minimum Gasteiger partial charge on any atom is -0.437 e. The maximum atomic E-state index is 13.6. The molecule has 0 N–H and O–H groups in total. The van der Waals surface area contributed by atoms with Crippen LogP contribution in [0, 0.1) is 0 Å². The van der Waals surface area contributed by atoms with Gasteiger partial charge in [0.2, 0.25) is 5.88 Å². The van der Waals surface area contributed by atoms with Crippen molar-refractivity contribution in [1.82, 2.24) is 19.6 Å². The Hall–Kier alpha value is -4.24. The number of para-hydroxylation sites is 1. The molecule has 192 valence electrons. The van der Waals surface area contributed by atoms with Gasteiger partial charge in [-0.2, -0.15) is 0 Å². The molecule has 5 heterocycles. The smallest absolute Gasteiger partial charge is 0.344 e. The molecule has 1 unspecified atom stereocenters. The summed E-state index contributed by atoms with van der Waals surface area (Å²) in [6.07, 6.45) is 1.62. The summed E-state index contributed by atoms with van der Waals surface area (Å²) in [4.78, 5) is 25.4. The van der Waals surface area contributed by atoms with Crippen LogP contribution in [0.15, 0.2) is 64.1 Å². The number of anilines is 1. The van der Waals surface area contributed by atoms with Crippen molar-refractivity contribution in [2.45, 2.75) is 32.1 Å². The van der Waals surface area contributed by atoms with Crippen molar-refractivity contribution < 1.29 is 13.9 Å². The highest BCUT2D eigenvalue weighted by Gasteiger charge is 2.38. The second-order valence-corrected chi connectivity index (χ2v) is 10.8. The Labute approximate surface area is 218 Å². The minimum absolute atomic E-state index is 0.267. The highest BCUT2D eigenvalue weighted by Crippen LogP contribution is 2.49. The van der Waals surface area contributed by atoms with Crippen molar-refractivity contribution in [1.29, 1.82) is 0 Å². The number of morpholine rings is 1. The van der Waals surface area contributed by atoms with Gasteiger partial charge in [-0.05, 0) is 29.8 Å². The summed E-state index contributed by atoms with van der Waals surface area (Å²) in [5.41, 5.74) is 3.55. The maximum Gasteiger partial charge on any atom is 0.344 e. The topological polar surface area (TPSA) is 95.0 Å². The lowest BCUT2D eigenvalue weighted by Crippen LogP contribution is -2.36. The van der Waals surface area contributed by atoms with E-state index in [1.54, 1.807) is 16.9 Å². The van der Waals surface area contributed by atoms with Crippen LogP contribution >= 0.6 is 0 Å². The Morgan fingerprint density at radius 1 is 0.974 bits per heavy atom. The molecule has 0 aliphatic carbocycles. The molecular formula is C29H27N5O4. The fourth-order valence-electron chi connectivity index (χ4n) is 5.28. The molecule has 0 saturated carbocycles. The lowest BCUT2D eigenvalue weighted by atomic mass is 9.84. The van der Waals surface area contributed by atoms with Gasteiger partial charge in [-0.3, -0.25) is 0 Å². The molecule has 2 aliphatic heterocycles. The lowest BCUT2D eigenvalue weighted by molar-refractivity contribution is 0.122. The van der Waals surface area contributed by atoms with Crippen LogP contribution in [-0.4, -0.2) is 45.9 Å². The van der Waals surface area contributed by atoms with Crippen LogP contribution in [0.3, 0.4) is 0 Å². The van der Waals surface area contributed by atoms with Crippen molar-refractivity contribution in [2.24, 2.45) is 0 Å². The van der Waals surface area contributed by atoms with Gasteiger partial charge in [-0.1, -0.05) is 45.0 Å². The molecule has 1 fully saturated rings. The van der Waals surface area contributed by atoms with Crippen LogP contribution in [0.5, 0.6) is 11.6 Å². The zero-order valence-electron chi connectivity index (χ0n) is 21.5. The number of rotatable bonds is 2. The summed E-state index contributed by atoms with van der Waals surface area (Å²) < 4.78 is 19.3. The van der Waals surface area contributed by atoms with Gasteiger partial charge in [0, 0.05) is 24.2 Å². The van der Waals surface area contributed by atoms with Gasteiger partial charge in [0.05, 0.1) is 35.6 Å². The number of aromatic nitrogens is 4.